The number of ketones is 1. The number of hydrogen-bond donors (Lipinski definition) is 2. The summed E-state index contributed by atoms with van der Waals surface area (Å²) in [6.07, 6.45) is 11.9. The second-order valence-corrected chi connectivity index (χ2v) is 8.75. The lowest BCUT2D eigenvalue weighted by atomic mass is 9.53. The summed E-state index contributed by atoms with van der Waals surface area (Å²) in [5.41, 5.74) is 8.54. The molecule has 31 heavy (non-hydrogen) atoms. The number of amides is 1. The number of rotatable bonds is 4. The van der Waals surface area contributed by atoms with Gasteiger partial charge in [-0.3, -0.25) is 9.59 Å². The van der Waals surface area contributed by atoms with E-state index in [4.69, 9.17) is 5.73 Å². The van der Waals surface area contributed by atoms with Gasteiger partial charge in [0.05, 0.1) is 0 Å². The summed E-state index contributed by atoms with van der Waals surface area (Å²) < 4.78 is 0. The van der Waals surface area contributed by atoms with Gasteiger partial charge < -0.3 is 11.1 Å². The Balaban J connectivity index is 1.89. The number of benzene rings is 2. The van der Waals surface area contributed by atoms with E-state index < -0.39 is 16.7 Å². The first-order valence-corrected chi connectivity index (χ1v) is 10.6. The molecule has 0 saturated heterocycles. The molecule has 4 rings (SSSR count). The maximum Gasteiger partial charge on any atom is 0.235 e. The number of carbonyl (C=O) groups is 2. The van der Waals surface area contributed by atoms with Crippen LogP contribution in [0.2, 0.25) is 0 Å². The lowest BCUT2D eigenvalue weighted by Crippen LogP contribution is -2.55. The average molecular weight is 413 g/mol. The molecule has 4 nitrogen and oxygen atoms in total. The van der Waals surface area contributed by atoms with Crippen LogP contribution in [0, 0.1) is 18.3 Å². The highest BCUT2D eigenvalue weighted by molar-refractivity contribution is 6.17. The largest absolute Gasteiger partial charge is 0.369 e. The van der Waals surface area contributed by atoms with Crippen LogP contribution < -0.4 is 11.1 Å². The number of allylic oxidation sites excluding steroid dienone is 3. The molecule has 0 spiro atoms. The van der Waals surface area contributed by atoms with Crippen molar-refractivity contribution in [2.45, 2.75) is 32.6 Å². The zero-order valence-electron chi connectivity index (χ0n) is 18.2. The van der Waals surface area contributed by atoms with Crippen LogP contribution in [0.1, 0.15) is 47.3 Å². The predicted octanol–water partition coefficient (Wildman–Crippen LogP) is 5.16. The van der Waals surface area contributed by atoms with Crippen molar-refractivity contribution in [2.75, 3.05) is 5.32 Å². The van der Waals surface area contributed by atoms with E-state index in [0.29, 0.717) is 5.56 Å². The van der Waals surface area contributed by atoms with Crippen LogP contribution in [0.15, 0.2) is 73.0 Å². The minimum Gasteiger partial charge on any atom is -0.369 e. The molecule has 2 aromatic rings. The molecule has 3 N–H and O–H groups in total. The second kappa shape index (κ2) is 7.69. The number of hydrogen-bond acceptors (Lipinski definition) is 3. The minimum absolute atomic E-state index is 0.256. The number of Topliss-reactive ketones (excluding diaryl/α,β-unsaturated/α-hetero) is 1. The number of nitrogens with two attached hydrogens (primary N) is 1. The maximum absolute atomic E-state index is 14.1. The fraction of sp³-hybridized carbons (Fsp3) is 0.259. The lowest BCUT2D eigenvalue weighted by molar-refractivity contribution is -0.126. The van der Waals surface area contributed by atoms with Crippen molar-refractivity contribution < 1.29 is 9.59 Å². The smallest absolute Gasteiger partial charge is 0.235 e. The molecule has 0 fully saturated rings. The van der Waals surface area contributed by atoms with Crippen molar-refractivity contribution in [3.63, 3.8) is 0 Å². The normalized spacial score (nSPS) is 26.6. The SMILES string of the molecule is Cc1ccccc1C1(C)CC=CC(C(N)=O)(C(=O)c2cccc3c2C=CC=CN3)C1C. The van der Waals surface area contributed by atoms with Gasteiger partial charge in [0.1, 0.15) is 5.41 Å². The van der Waals surface area contributed by atoms with E-state index in [-0.39, 0.29) is 11.7 Å². The van der Waals surface area contributed by atoms with Crippen molar-refractivity contribution in [1.29, 1.82) is 0 Å². The molecule has 1 aliphatic heterocycles. The summed E-state index contributed by atoms with van der Waals surface area (Å²) in [6, 6.07) is 13.7. The summed E-state index contributed by atoms with van der Waals surface area (Å²) in [5, 5.41) is 3.20. The fourth-order valence-corrected chi connectivity index (χ4v) is 5.19. The molecule has 158 valence electrons. The summed E-state index contributed by atoms with van der Waals surface area (Å²) >= 11 is 0. The van der Waals surface area contributed by atoms with Gasteiger partial charge in [-0.25, -0.2) is 0 Å². The monoisotopic (exact) mass is 412 g/mol. The first-order valence-electron chi connectivity index (χ1n) is 10.6. The Hall–Kier alpha value is -3.40. The maximum atomic E-state index is 14.1. The number of aryl methyl sites for hydroxylation is 1. The van der Waals surface area contributed by atoms with E-state index in [1.165, 1.54) is 0 Å². The quantitative estimate of drug-likeness (QED) is 0.414. The van der Waals surface area contributed by atoms with E-state index in [0.717, 1.165) is 28.8 Å². The van der Waals surface area contributed by atoms with Gasteiger partial charge in [0.15, 0.2) is 5.78 Å². The van der Waals surface area contributed by atoms with E-state index in [2.05, 4.69) is 31.3 Å². The van der Waals surface area contributed by atoms with Gasteiger partial charge in [-0.1, -0.05) is 74.5 Å². The molecule has 0 saturated carbocycles. The topological polar surface area (TPSA) is 72.2 Å². The van der Waals surface area contributed by atoms with Crippen molar-refractivity contribution in [1.82, 2.24) is 0 Å². The zero-order chi connectivity index (χ0) is 22.2. The Morgan fingerprint density at radius 1 is 1.10 bits per heavy atom. The summed E-state index contributed by atoms with van der Waals surface area (Å²) in [4.78, 5) is 27.2. The molecule has 3 unspecified atom stereocenters. The highest BCUT2D eigenvalue weighted by Crippen LogP contribution is 2.51. The summed E-state index contributed by atoms with van der Waals surface area (Å²) in [7, 11) is 0. The molecule has 0 aromatic heterocycles. The van der Waals surface area contributed by atoms with Crippen LogP contribution in [-0.4, -0.2) is 11.7 Å². The molecule has 4 heteroatoms. The van der Waals surface area contributed by atoms with Crippen LogP contribution in [0.3, 0.4) is 0 Å². The molecular formula is C27H28N2O2. The minimum atomic E-state index is -1.43. The highest BCUT2D eigenvalue weighted by atomic mass is 16.2. The molecule has 0 radical (unpaired) electrons. The average Bonchev–Trinajstić information content (AvgIpc) is 3.01. The third-order valence-corrected chi connectivity index (χ3v) is 7.16. The van der Waals surface area contributed by atoms with Crippen LogP contribution in [-0.2, 0) is 10.2 Å². The number of fused-ring (bicyclic) bond motifs is 1. The van der Waals surface area contributed by atoms with Gasteiger partial charge >= 0.3 is 0 Å². The third kappa shape index (κ3) is 3.14. The van der Waals surface area contributed by atoms with Crippen molar-refractivity contribution in [3.05, 3.63) is 95.2 Å². The first kappa shape index (κ1) is 20.9. The van der Waals surface area contributed by atoms with Crippen LogP contribution in [0.25, 0.3) is 6.08 Å². The van der Waals surface area contributed by atoms with Gasteiger partial charge in [-0.05, 0) is 42.5 Å². The Morgan fingerprint density at radius 2 is 1.87 bits per heavy atom. The Bertz CT molecular complexity index is 1140. The molecule has 1 heterocycles. The van der Waals surface area contributed by atoms with Crippen LogP contribution in [0.4, 0.5) is 5.69 Å². The third-order valence-electron chi connectivity index (χ3n) is 7.16. The van der Waals surface area contributed by atoms with Gasteiger partial charge in [0, 0.05) is 28.4 Å². The molecule has 2 aromatic carbocycles. The number of carbonyl (C=O) groups excluding carboxylic acids is 2. The van der Waals surface area contributed by atoms with Gasteiger partial charge in [0.25, 0.3) is 0 Å². The van der Waals surface area contributed by atoms with E-state index >= 15 is 0 Å². The zero-order valence-corrected chi connectivity index (χ0v) is 18.2. The van der Waals surface area contributed by atoms with Crippen LogP contribution >= 0.6 is 0 Å². The van der Waals surface area contributed by atoms with Gasteiger partial charge in [-0.2, -0.15) is 0 Å². The standard InChI is InChI=1S/C27H28N2O2/c1-18-10-4-5-13-22(18)26(3)15-9-16-27(19(26)2,25(28)31)24(30)21-12-8-14-23-20(21)11-6-7-17-29-23/h4-14,16-17,19,29H,15H2,1-3H3,(H2,28,31). The predicted molar refractivity (Wildman–Crippen MR) is 126 cm³/mol. The Labute approximate surface area is 183 Å². The molecule has 3 atom stereocenters. The van der Waals surface area contributed by atoms with Gasteiger partial charge in [-0.15, -0.1) is 0 Å². The van der Waals surface area contributed by atoms with Crippen LogP contribution in [0.5, 0.6) is 0 Å². The van der Waals surface area contributed by atoms with Crippen molar-refractivity contribution in [3.8, 4) is 0 Å². The number of nitrogens with one attached hydrogen (secondary N) is 1. The van der Waals surface area contributed by atoms with Crippen molar-refractivity contribution in [2.24, 2.45) is 17.1 Å². The first-order chi connectivity index (χ1) is 14.8. The van der Waals surface area contributed by atoms with Gasteiger partial charge in [0.2, 0.25) is 5.91 Å². The molecule has 1 amide bonds. The molecule has 1 aliphatic carbocycles. The second-order valence-electron chi connectivity index (χ2n) is 8.75. The molecule has 0 bridgehead atoms. The summed E-state index contributed by atoms with van der Waals surface area (Å²) in [5.74, 6) is -1.19. The van der Waals surface area contributed by atoms with E-state index in [1.807, 2.05) is 61.7 Å². The summed E-state index contributed by atoms with van der Waals surface area (Å²) in [6.45, 7) is 6.18. The molecule has 2 aliphatic rings. The lowest BCUT2D eigenvalue weighted by Gasteiger charge is -2.47. The number of primary amides is 1. The van der Waals surface area contributed by atoms with E-state index in [1.54, 1.807) is 12.1 Å². The Morgan fingerprint density at radius 3 is 2.61 bits per heavy atom. The van der Waals surface area contributed by atoms with E-state index in [9.17, 15) is 9.59 Å². The Kier molecular flexibility index (Phi) is 5.18. The molecular weight excluding hydrogens is 384 g/mol. The fourth-order valence-electron chi connectivity index (χ4n) is 5.19. The number of anilines is 1. The van der Waals surface area contributed by atoms with Crippen molar-refractivity contribution >= 4 is 23.5 Å². The highest BCUT2D eigenvalue weighted by Gasteiger charge is 2.56.